The van der Waals surface area contributed by atoms with Crippen molar-refractivity contribution in [2.75, 3.05) is 0 Å². The summed E-state index contributed by atoms with van der Waals surface area (Å²) in [6, 6.07) is 3.69. The first kappa shape index (κ1) is 13.0. The van der Waals surface area contributed by atoms with Crippen LogP contribution in [0.5, 0.6) is 0 Å². The van der Waals surface area contributed by atoms with E-state index in [1.165, 1.54) is 0 Å². The van der Waals surface area contributed by atoms with Gasteiger partial charge in [0.15, 0.2) is 0 Å². The monoisotopic (exact) mass is 265 g/mol. The van der Waals surface area contributed by atoms with E-state index in [2.05, 4.69) is 22.4 Å². The number of rotatable bonds is 4. The summed E-state index contributed by atoms with van der Waals surface area (Å²) in [7, 11) is 1.83. The third kappa shape index (κ3) is 2.25. The van der Waals surface area contributed by atoms with Gasteiger partial charge in [0.05, 0.1) is 22.6 Å². The fraction of sp³-hybridized carbons (Fsp3) is 0.333. The van der Waals surface area contributed by atoms with Crippen LogP contribution in [0.3, 0.4) is 0 Å². The summed E-state index contributed by atoms with van der Waals surface area (Å²) in [4.78, 5) is 4.42. The number of hydrogen-bond donors (Lipinski definition) is 2. The molecule has 0 aliphatic carbocycles. The van der Waals surface area contributed by atoms with Crippen LogP contribution in [0, 0.1) is 0 Å². The lowest BCUT2D eigenvalue weighted by Gasteiger charge is -2.19. The average Bonchev–Trinajstić information content (AvgIpc) is 2.72. The standard InChI is InChI=1S/C12H16ClN5/c1-3-8-5-4-6-15-10(8)11(17-14)12-9(13)7-16-18(12)2/h4-7,11,17H,3,14H2,1-2H3. The summed E-state index contributed by atoms with van der Waals surface area (Å²) in [5.41, 5.74) is 5.60. The van der Waals surface area contributed by atoms with Crippen molar-refractivity contribution >= 4 is 11.6 Å². The number of nitrogens with zero attached hydrogens (tertiary/aromatic N) is 3. The second-order valence-electron chi connectivity index (χ2n) is 4.00. The number of pyridine rings is 1. The summed E-state index contributed by atoms with van der Waals surface area (Å²) >= 11 is 6.16. The Labute approximate surface area is 111 Å². The lowest BCUT2D eigenvalue weighted by molar-refractivity contribution is 0.560. The zero-order valence-electron chi connectivity index (χ0n) is 10.4. The van der Waals surface area contributed by atoms with Gasteiger partial charge in [0.25, 0.3) is 0 Å². The van der Waals surface area contributed by atoms with E-state index >= 15 is 0 Å². The summed E-state index contributed by atoms with van der Waals surface area (Å²) in [6.45, 7) is 2.08. The first-order valence-corrected chi connectivity index (χ1v) is 6.14. The molecule has 0 amide bonds. The molecule has 2 rings (SSSR count). The van der Waals surface area contributed by atoms with Crippen LogP contribution in [0.2, 0.25) is 5.02 Å². The minimum Gasteiger partial charge on any atom is -0.270 e. The molecule has 1 unspecified atom stereocenters. The van der Waals surface area contributed by atoms with Gasteiger partial charge in [-0.1, -0.05) is 24.6 Å². The third-order valence-electron chi connectivity index (χ3n) is 2.96. The van der Waals surface area contributed by atoms with Gasteiger partial charge in [-0.25, -0.2) is 5.43 Å². The quantitative estimate of drug-likeness (QED) is 0.651. The summed E-state index contributed by atoms with van der Waals surface area (Å²) in [5, 5.41) is 4.70. The number of aryl methyl sites for hydroxylation is 2. The molecule has 0 aliphatic rings. The van der Waals surface area contributed by atoms with Crippen LogP contribution in [-0.4, -0.2) is 14.8 Å². The van der Waals surface area contributed by atoms with Gasteiger partial charge in [0.2, 0.25) is 0 Å². The van der Waals surface area contributed by atoms with Gasteiger partial charge in [-0.2, -0.15) is 5.10 Å². The fourth-order valence-corrected chi connectivity index (χ4v) is 2.32. The van der Waals surface area contributed by atoms with Crippen molar-refractivity contribution < 1.29 is 0 Å². The molecule has 18 heavy (non-hydrogen) atoms. The maximum atomic E-state index is 6.16. The van der Waals surface area contributed by atoms with E-state index in [0.29, 0.717) is 5.02 Å². The number of nitrogens with one attached hydrogen (secondary N) is 1. The van der Waals surface area contributed by atoms with Crippen LogP contribution >= 0.6 is 11.6 Å². The zero-order chi connectivity index (χ0) is 13.1. The predicted molar refractivity (Wildman–Crippen MR) is 71.0 cm³/mol. The molecule has 2 aromatic rings. The Hall–Kier alpha value is -1.43. The van der Waals surface area contributed by atoms with E-state index in [-0.39, 0.29) is 6.04 Å². The van der Waals surface area contributed by atoms with E-state index in [1.807, 2.05) is 19.2 Å². The Kier molecular flexibility index (Phi) is 3.96. The molecule has 0 aromatic carbocycles. The second-order valence-corrected chi connectivity index (χ2v) is 4.41. The smallest absolute Gasteiger partial charge is 0.107 e. The molecule has 1 atom stereocenters. The highest BCUT2D eigenvalue weighted by molar-refractivity contribution is 6.31. The van der Waals surface area contributed by atoms with Gasteiger partial charge in [0, 0.05) is 13.2 Å². The fourth-order valence-electron chi connectivity index (χ4n) is 2.04. The molecule has 2 aromatic heterocycles. The molecule has 0 bridgehead atoms. The molecular formula is C12H16ClN5. The molecule has 0 aliphatic heterocycles. The Morgan fingerprint density at radius 2 is 2.33 bits per heavy atom. The van der Waals surface area contributed by atoms with Gasteiger partial charge in [-0.3, -0.25) is 15.5 Å². The molecule has 3 N–H and O–H groups in total. The highest BCUT2D eigenvalue weighted by Crippen LogP contribution is 2.27. The number of nitrogens with two attached hydrogens (primary N) is 1. The van der Waals surface area contributed by atoms with Gasteiger partial charge in [-0.05, 0) is 18.1 Å². The first-order chi connectivity index (χ1) is 8.69. The Morgan fingerprint density at radius 3 is 2.89 bits per heavy atom. The number of hydrazine groups is 1. The Balaban J connectivity index is 2.52. The van der Waals surface area contributed by atoms with Crippen molar-refractivity contribution in [2.24, 2.45) is 12.9 Å². The van der Waals surface area contributed by atoms with Crippen molar-refractivity contribution in [1.29, 1.82) is 0 Å². The zero-order valence-corrected chi connectivity index (χ0v) is 11.1. The van der Waals surface area contributed by atoms with Crippen LogP contribution in [-0.2, 0) is 13.5 Å². The van der Waals surface area contributed by atoms with Crippen molar-refractivity contribution in [3.8, 4) is 0 Å². The average molecular weight is 266 g/mol. The molecule has 96 valence electrons. The molecule has 5 nitrogen and oxygen atoms in total. The van der Waals surface area contributed by atoms with E-state index in [4.69, 9.17) is 17.4 Å². The maximum absolute atomic E-state index is 6.16. The SMILES string of the molecule is CCc1cccnc1C(NN)c1c(Cl)cnn1C. The Morgan fingerprint density at radius 1 is 1.56 bits per heavy atom. The summed E-state index contributed by atoms with van der Waals surface area (Å²) < 4.78 is 1.71. The van der Waals surface area contributed by atoms with Gasteiger partial charge < -0.3 is 0 Å². The summed E-state index contributed by atoms with van der Waals surface area (Å²) in [5.74, 6) is 5.67. The topological polar surface area (TPSA) is 68.8 Å². The summed E-state index contributed by atoms with van der Waals surface area (Å²) in [6.07, 6.45) is 4.25. The van der Waals surface area contributed by atoms with Crippen molar-refractivity contribution in [3.05, 3.63) is 46.5 Å². The molecular weight excluding hydrogens is 250 g/mol. The Bertz CT molecular complexity index is 518. The largest absolute Gasteiger partial charge is 0.270 e. The third-order valence-corrected chi connectivity index (χ3v) is 3.25. The van der Waals surface area contributed by atoms with E-state index in [0.717, 1.165) is 23.4 Å². The maximum Gasteiger partial charge on any atom is 0.107 e. The van der Waals surface area contributed by atoms with Crippen LogP contribution in [0.25, 0.3) is 0 Å². The lowest BCUT2D eigenvalue weighted by atomic mass is 10.0. The number of halogens is 1. The van der Waals surface area contributed by atoms with Crippen molar-refractivity contribution in [1.82, 2.24) is 20.2 Å². The van der Waals surface area contributed by atoms with E-state index < -0.39 is 0 Å². The second kappa shape index (κ2) is 5.48. The first-order valence-electron chi connectivity index (χ1n) is 5.76. The van der Waals surface area contributed by atoms with Crippen molar-refractivity contribution in [3.63, 3.8) is 0 Å². The van der Waals surface area contributed by atoms with Gasteiger partial charge in [-0.15, -0.1) is 0 Å². The molecule has 6 heteroatoms. The predicted octanol–water partition coefficient (Wildman–Crippen LogP) is 1.58. The molecule has 0 spiro atoms. The van der Waals surface area contributed by atoms with Crippen LogP contribution in [0.4, 0.5) is 0 Å². The molecule has 0 saturated carbocycles. The number of aromatic nitrogens is 3. The van der Waals surface area contributed by atoms with Gasteiger partial charge >= 0.3 is 0 Å². The molecule has 0 saturated heterocycles. The highest BCUT2D eigenvalue weighted by atomic mass is 35.5. The van der Waals surface area contributed by atoms with E-state index in [9.17, 15) is 0 Å². The molecule has 0 radical (unpaired) electrons. The minimum absolute atomic E-state index is 0.263. The van der Waals surface area contributed by atoms with Gasteiger partial charge in [0.1, 0.15) is 6.04 Å². The van der Waals surface area contributed by atoms with Crippen LogP contribution in [0.1, 0.15) is 29.9 Å². The normalized spacial score (nSPS) is 12.7. The highest BCUT2D eigenvalue weighted by Gasteiger charge is 2.22. The van der Waals surface area contributed by atoms with Crippen LogP contribution < -0.4 is 11.3 Å². The molecule has 2 heterocycles. The van der Waals surface area contributed by atoms with Crippen molar-refractivity contribution in [2.45, 2.75) is 19.4 Å². The lowest BCUT2D eigenvalue weighted by Crippen LogP contribution is -2.32. The number of hydrogen-bond acceptors (Lipinski definition) is 4. The van der Waals surface area contributed by atoms with Crippen LogP contribution in [0.15, 0.2) is 24.5 Å². The minimum atomic E-state index is -0.263. The van der Waals surface area contributed by atoms with E-state index in [1.54, 1.807) is 17.1 Å². The molecule has 0 fully saturated rings.